The van der Waals surface area contributed by atoms with Crippen LogP contribution in [0.5, 0.6) is 0 Å². The van der Waals surface area contributed by atoms with Crippen molar-refractivity contribution in [1.29, 1.82) is 0 Å². The Labute approximate surface area is 116 Å². The van der Waals surface area contributed by atoms with Gasteiger partial charge < -0.3 is 4.52 Å². The van der Waals surface area contributed by atoms with Crippen molar-refractivity contribution in [1.82, 2.24) is 5.16 Å². The van der Waals surface area contributed by atoms with Gasteiger partial charge in [-0.15, -0.1) is 0 Å². The lowest BCUT2D eigenvalue weighted by molar-refractivity contribution is 0.331. The number of nitrogens with one attached hydrogen (secondary N) is 1. The number of rotatable bonds is 3. The first kappa shape index (κ1) is 14.5. The molecule has 20 heavy (non-hydrogen) atoms. The molecule has 1 aromatic carbocycles. The van der Waals surface area contributed by atoms with E-state index >= 15 is 0 Å². The van der Waals surface area contributed by atoms with Crippen LogP contribution in [-0.4, -0.2) is 13.6 Å². The van der Waals surface area contributed by atoms with Gasteiger partial charge in [-0.3, -0.25) is 4.72 Å². The topological polar surface area (TPSA) is 72.2 Å². The molecule has 7 heteroatoms. The van der Waals surface area contributed by atoms with Gasteiger partial charge in [0.1, 0.15) is 11.6 Å². The second-order valence-electron chi connectivity index (χ2n) is 5.39. The van der Waals surface area contributed by atoms with Gasteiger partial charge in [0.2, 0.25) is 0 Å². The Morgan fingerprint density at radius 3 is 2.30 bits per heavy atom. The number of benzene rings is 1. The predicted octanol–water partition coefficient (Wildman–Crippen LogP) is 2.91. The van der Waals surface area contributed by atoms with Gasteiger partial charge in [0.15, 0.2) is 5.82 Å². The first-order valence-corrected chi connectivity index (χ1v) is 7.42. The highest BCUT2D eigenvalue weighted by Crippen LogP contribution is 2.25. The van der Waals surface area contributed by atoms with Gasteiger partial charge >= 0.3 is 0 Å². The quantitative estimate of drug-likeness (QED) is 0.945. The molecular weight excluding hydrogens is 283 g/mol. The van der Waals surface area contributed by atoms with Crippen LogP contribution in [0.2, 0.25) is 0 Å². The van der Waals surface area contributed by atoms with Gasteiger partial charge in [-0.1, -0.05) is 25.9 Å². The Hall–Kier alpha value is -1.89. The minimum atomic E-state index is -3.80. The summed E-state index contributed by atoms with van der Waals surface area (Å²) in [6, 6.07) is 6.06. The number of hydrogen-bond acceptors (Lipinski definition) is 4. The molecule has 1 aromatic heterocycles. The summed E-state index contributed by atoms with van der Waals surface area (Å²) >= 11 is 0. The van der Waals surface area contributed by atoms with Crippen LogP contribution in [0.15, 0.2) is 39.8 Å². The van der Waals surface area contributed by atoms with Crippen LogP contribution < -0.4 is 4.72 Å². The fourth-order valence-electron chi connectivity index (χ4n) is 1.49. The first-order chi connectivity index (χ1) is 9.18. The zero-order valence-corrected chi connectivity index (χ0v) is 12.2. The highest BCUT2D eigenvalue weighted by molar-refractivity contribution is 7.92. The monoisotopic (exact) mass is 298 g/mol. The maximum Gasteiger partial charge on any atom is 0.263 e. The summed E-state index contributed by atoms with van der Waals surface area (Å²) in [5.74, 6) is 0.161. The van der Waals surface area contributed by atoms with E-state index < -0.39 is 15.8 Å². The third-order valence-electron chi connectivity index (χ3n) is 2.61. The second kappa shape index (κ2) is 4.90. The van der Waals surface area contributed by atoms with Gasteiger partial charge in [0.05, 0.1) is 4.90 Å². The Morgan fingerprint density at radius 2 is 1.80 bits per heavy atom. The average molecular weight is 298 g/mol. The van der Waals surface area contributed by atoms with E-state index in [1.807, 2.05) is 20.8 Å². The van der Waals surface area contributed by atoms with E-state index in [9.17, 15) is 12.8 Å². The summed E-state index contributed by atoms with van der Waals surface area (Å²) in [7, 11) is -3.80. The molecule has 0 saturated carbocycles. The molecule has 0 spiro atoms. The first-order valence-electron chi connectivity index (χ1n) is 5.94. The molecule has 0 bridgehead atoms. The van der Waals surface area contributed by atoms with Gasteiger partial charge in [0, 0.05) is 11.5 Å². The molecule has 0 saturated heterocycles. The van der Waals surface area contributed by atoms with Crippen LogP contribution >= 0.6 is 0 Å². The minimum absolute atomic E-state index is 0.0424. The summed E-state index contributed by atoms with van der Waals surface area (Å²) in [5.41, 5.74) is -0.271. The van der Waals surface area contributed by atoms with Crippen molar-refractivity contribution >= 4 is 15.8 Å². The molecule has 0 atom stereocenters. The Balaban J connectivity index is 2.25. The number of hydrogen-bond donors (Lipinski definition) is 1. The molecule has 0 aliphatic heterocycles. The van der Waals surface area contributed by atoms with Crippen molar-refractivity contribution in [3.63, 3.8) is 0 Å². The zero-order chi connectivity index (χ0) is 15.0. The Morgan fingerprint density at radius 1 is 1.20 bits per heavy atom. The SMILES string of the molecule is CC(C)(C)c1cc(NS(=O)(=O)c2ccc(F)cc2)no1. The maximum atomic E-state index is 12.8. The number of sulfonamides is 1. The lowest BCUT2D eigenvalue weighted by Crippen LogP contribution is -2.13. The van der Waals surface area contributed by atoms with Crippen molar-refractivity contribution in [2.24, 2.45) is 0 Å². The smallest absolute Gasteiger partial charge is 0.263 e. The van der Waals surface area contributed by atoms with Crippen LogP contribution in [0, 0.1) is 5.82 Å². The molecule has 2 rings (SSSR count). The Bertz CT molecular complexity index is 700. The number of nitrogens with zero attached hydrogens (tertiary/aromatic N) is 1. The standard InChI is InChI=1S/C13H15FN2O3S/c1-13(2,3)11-8-12(15-19-11)16-20(17,18)10-6-4-9(14)5-7-10/h4-8H,1-3H3,(H,15,16). The molecule has 0 radical (unpaired) electrons. The van der Waals surface area contributed by atoms with Crippen LogP contribution in [0.25, 0.3) is 0 Å². The summed E-state index contributed by atoms with van der Waals surface area (Å²) in [4.78, 5) is -0.0424. The maximum absolute atomic E-state index is 12.8. The minimum Gasteiger partial charge on any atom is -0.359 e. The molecule has 108 valence electrons. The molecular formula is C13H15FN2O3S. The van der Waals surface area contributed by atoms with Crippen LogP contribution in [0.4, 0.5) is 10.2 Å². The van der Waals surface area contributed by atoms with E-state index in [1.165, 1.54) is 18.2 Å². The van der Waals surface area contributed by atoms with E-state index in [0.717, 1.165) is 12.1 Å². The van der Waals surface area contributed by atoms with E-state index in [-0.39, 0.29) is 16.1 Å². The normalized spacial score (nSPS) is 12.4. The average Bonchev–Trinajstić information content (AvgIpc) is 2.77. The van der Waals surface area contributed by atoms with E-state index in [0.29, 0.717) is 5.76 Å². The summed E-state index contributed by atoms with van der Waals surface area (Å²) in [6.45, 7) is 5.77. The van der Waals surface area contributed by atoms with Crippen molar-refractivity contribution in [3.05, 3.63) is 41.9 Å². The molecule has 2 aromatic rings. The van der Waals surface area contributed by atoms with E-state index in [2.05, 4.69) is 9.88 Å². The number of anilines is 1. The highest BCUT2D eigenvalue weighted by atomic mass is 32.2. The van der Waals surface area contributed by atoms with Crippen molar-refractivity contribution in [2.45, 2.75) is 31.1 Å². The van der Waals surface area contributed by atoms with Gasteiger partial charge in [-0.05, 0) is 24.3 Å². The molecule has 5 nitrogen and oxygen atoms in total. The molecule has 0 amide bonds. The van der Waals surface area contributed by atoms with Crippen LogP contribution in [0.1, 0.15) is 26.5 Å². The van der Waals surface area contributed by atoms with E-state index in [4.69, 9.17) is 4.52 Å². The zero-order valence-electron chi connectivity index (χ0n) is 11.3. The lowest BCUT2D eigenvalue weighted by atomic mass is 9.93. The summed E-state index contributed by atoms with van der Waals surface area (Å²) in [5, 5.41) is 3.67. The molecule has 1 heterocycles. The summed E-state index contributed by atoms with van der Waals surface area (Å²) < 4.78 is 44.3. The molecule has 0 aliphatic rings. The number of halogens is 1. The Kier molecular flexibility index (Phi) is 3.56. The fourth-order valence-corrected chi connectivity index (χ4v) is 2.47. The van der Waals surface area contributed by atoms with Crippen molar-refractivity contribution < 1.29 is 17.3 Å². The predicted molar refractivity (Wildman–Crippen MR) is 72.4 cm³/mol. The molecule has 1 N–H and O–H groups in total. The molecule has 0 unspecified atom stereocenters. The van der Waals surface area contributed by atoms with E-state index in [1.54, 1.807) is 0 Å². The lowest BCUT2D eigenvalue weighted by Gasteiger charge is -2.12. The largest absolute Gasteiger partial charge is 0.359 e. The second-order valence-corrected chi connectivity index (χ2v) is 7.07. The number of aromatic nitrogens is 1. The summed E-state index contributed by atoms with van der Waals surface area (Å²) in [6.07, 6.45) is 0. The fraction of sp³-hybridized carbons (Fsp3) is 0.308. The van der Waals surface area contributed by atoms with Crippen LogP contribution in [0.3, 0.4) is 0 Å². The van der Waals surface area contributed by atoms with Gasteiger partial charge in [-0.2, -0.15) is 0 Å². The van der Waals surface area contributed by atoms with Gasteiger partial charge in [0.25, 0.3) is 10.0 Å². The highest BCUT2D eigenvalue weighted by Gasteiger charge is 2.22. The van der Waals surface area contributed by atoms with Crippen molar-refractivity contribution in [2.75, 3.05) is 4.72 Å². The van der Waals surface area contributed by atoms with Crippen LogP contribution in [-0.2, 0) is 15.4 Å². The molecule has 0 aliphatic carbocycles. The van der Waals surface area contributed by atoms with Gasteiger partial charge in [-0.25, -0.2) is 12.8 Å². The third-order valence-corrected chi connectivity index (χ3v) is 3.98. The molecule has 0 fully saturated rings. The third kappa shape index (κ3) is 3.16. The van der Waals surface area contributed by atoms with Crippen molar-refractivity contribution in [3.8, 4) is 0 Å².